The second-order valence-corrected chi connectivity index (χ2v) is 6.72. The molecule has 1 amide bonds. The van der Waals surface area contributed by atoms with E-state index >= 15 is 0 Å². The summed E-state index contributed by atoms with van der Waals surface area (Å²) in [5.74, 6) is -0.251. The number of fused-ring (bicyclic) bond motifs is 1. The number of nitro groups is 1. The molecule has 0 unspecified atom stereocenters. The maximum atomic E-state index is 12.7. The quantitative estimate of drug-likeness (QED) is 0.499. The predicted molar refractivity (Wildman–Crippen MR) is 95.7 cm³/mol. The average molecular weight is 361 g/mol. The van der Waals surface area contributed by atoms with E-state index in [1.54, 1.807) is 25.2 Å². The Kier molecular flexibility index (Phi) is 4.51. The van der Waals surface area contributed by atoms with Crippen molar-refractivity contribution >= 4 is 44.6 Å². The van der Waals surface area contributed by atoms with Crippen molar-refractivity contribution in [2.45, 2.75) is 6.54 Å². The molecular formula is C17H13ClN2O3S. The number of carbonyl (C=O) groups is 1. The van der Waals surface area contributed by atoms with Crippen molar-refractivity contribution < 1.29 is 9.72 Å². The van der Waals surface area contributed by atoms with Gasteiger partial charge in [-0.3, -0.25) is 14.9 Å². The van der Waals surface area contributed by atoms with Gasteiger partial charge in [0, 0.05) is 28.8 Å². The zero-order chi connectivity index (χ0) is 17.3. The molecule has 0 saturated carbocycles. The molecule has 2 aromatic carbocycles. The number of rotatable bonds is 4. The molecule has 0 spiro atoms. The lowest BCUT2D eigenvalue weighted by Gasteiger charge is -2.16. The molecule has 0 atom stereocenters. The van der Waals surface area contributed by atoms with Gasteiger partial charge in [-0.2, -0.15) is 0 Å². The monoisotopic (exact) mass is 360 g/mol. The highest BCUT2D eigenvalue weighted by Crippen LogP contribution is 2.36. The molecule has 0 saturated heterocycles. The summed E-state index contributed by atoms with van der Waals surface area (Å²) in [6.45, 7) is 0.139. The number of para-hydroxylation sites is 1. The summed E-state index contributed by atoms with van der Waals surface area (Å²) < 4.78 is 0.935. The second-order valence-electron chi connectivity index (χ2n) is 5.29. The summed E-state index contributed by atoms with van der Waals surface area (Å²) >= 11 is 7.66. The molecular weight excluding hydrogens is 348 g/mol. The van der Waals surface area contributed by atoms with E-state index in [1.807, 2.05) is 24.3 Å². The highest BCUT2D eigenvalue weighted by Gasteiger charge is 2.22. The van der Waals surface area contributed by atoms with Crippen molar-refractivity contribution in [1.82, 2.24) is 4.90 Å². The molecule has 0 bridgehead atoms. The Morgan fingerprint density at radius 2 is 1.88 bits per heavy atom. The highest BCUT2D eigenvalue weighted by molar-refractivity contribution is 7.21. The summed E-state index contributed by atoms with van der Waals surface area (Å²) in [5.41, 5.74) is 0.482. The smallest absolute Gasteiger partial charge is 0.274 e. The van der Waals surface area contributed by atoms with Crippen molar-refractivity contribution in [1.29, 1.82) is 0 Å². The van der Waals surface area contributed by atoms with Gasteiger partial charge in [-0.1, -0.05) is 48.0 Å². The molecule has 3 aromatic rings. The Labute approximate surface area is 147 Å². The first-order valence-corrected chi connectivity index (χ1v) is 8.33. The first-order chi connectivity index (χ1) is 11.5. The molecule has 7 heteroatoms. The number of carbonyl (C=O) groups excluding carboxylic acids is 1. The number of thiophene rings is 1. The fraction of sp³-hybridized carbons (Fsp3) is 0.118. The number of nitro benzene ring substituents is 1. The molecule has 24 heavy (non-hydrogen) atoms. The number of benzene rings is 2. The molecule has 0 aliphatic carbocycles. The summed E-state index contributed by atoms with van der Waals surface area (Å²) in [6.07, 6.45) is 0. The largest absolute Gasteiger partial charge is 0.336 e. The van der Waals surface area contributed by atoms with E-state index in [-0.39, 0.29) is 18.1 Å². The SMILES string of the molecule is CN(Cc1ccccc1[N+](=O)[O-])C(=O)c1sc2ccccc2c1Cl. The fourth-order valence-electron chi connectivity index (χ4n) is 2.47. The van der Waals surface area contributed by atoms with Gasteiger partial charge in [0.25, 0.3) is 11.6 Å². The van der Waals surface area contributed by atoms with Gasteiger partial charge in [-0.15, -0.1) is 11.3 Å². The highest BCUT2D eigenvalue weighted by atomic mass is 35.5. The van der Waals surface area contributed by atoms with Crippen LogP contribution in [-0.4, -0.2) is 22.8 Å². The van der Waals surface area contributed by atoms with Crippen molar-refractivity contribution in [2.24, 2.45) is 0 Å². The molecule has 1 aromatic heterocycles. The third kappa shape index (κ3) is 2.98. The fourth-order valence-corrected chi connectivity index (χ4v) is 3.98. The Hall–Kier alpha value is -2.44. The maximum Gasteiger partial charge on any atom is 0.274 e. The van der Waals surface area contributed by atoms with Crippen LogP contribution in [0.2, 0.25) is 5.02 Å². The van der Waals surface area contributed by atoms with Crippen LogP contribution < -0.4 is 0 Å². The van der Waals surface area contributed by atoms with Gasteiger partial charge in [0.15, 0.2) is 0 Å². The molecule has 1 heterocycles. The zero-order valence-corrected chi connectivity index (χ0v) is 14.3. The van der Waals surface area contributed by atoms with Crippen LogP contribution in [0.15, 0.2) is 48.5 Å². The van der Waals surface area contributed by atoms with E-state index in [9.17, 15) is 14.9 Å². The zero-order valence-electron chi connectivity index (χ0n) is 12.7. The lowest BCUT2D eigenvalue weighted by Crippen LogP contribution is -2.26. The first-order valence-electron chi connectivity index (χ1n) is 7.14. The van der Waals surface area contributed by atoms with E-state index in [0.29, 0.717) is 15.5 Å². The topological polar surface area (TPSA) is 63.4 Å². The van der Waals surface area contributed by atoms with Gasteiger partial charge < -0.3 is 4.90 Å². The van der Waals surface area contributed by atoms with Crippen molar-refractivity contribution in [3.63, 3.8) is 0 Å². The van der Waals surface area contributed by atoms with Gasteiger partial charge in [0.2, 0.25) is 0 Å². The van der Waals surface area contributed by atoms with E-state index in [2.05, 4.69) is 0 Å². The predicted octanol–water partition coefficient (Wildman–Crippen LogP) is 4.74. The van der Waals surface area contributed by atoms with Crippen LogP contribution >= 0.6 is 22.9 Å². The minimum Gasteiger partial charge on any atom is -0.336 e. The van der Waals surface area contributed by atoms with Gasteiger partial charge in [-0.05, 0) is 6.07 Å². The molecule has 0 aliphatic rings. The standard InChI is InChI=1S/C17H13ClN2O3S/c1-19(10-11-6-2-4-8-13(11)20(22)23)17(21)16-15(18)12-7-3-5-9-14(12)24-16/h2-9H,10H2,1H3. The van der Waals surface area contributed by atoms with E-state index < -0.39 is 4.92 Å². The van der Waals surface area contributed by atoms with Gasteiger partial charge >= 0.3 is 0 Å². The van der Waals surface area contributed by atoms with Gasteiger partial charge in [0.05, 0.1) is 16.5 Å². The summed E-state index contributed by atoms with van der Waals surface area (Å²) in [7, 11) is 1.61. The van der Waals surface area contributed by atoms with E-state index in [0.717, 1.165) is 10.1 Å². The molecule has 0 N–H and O–H groups in total. The molecule has 5 nitrogen and oxygen atoms in total. The summed E-state index contributed by atoms with van der Waals surface area (Å²) in [6, 6.07) is 13.9. The van der Waals surface area contributed by atoms with Crippen LogP contribution in [0.4, 0.5) is 5.69 Å². The molecule has 0 radical (unpaired) electrons. The summed E-state index contributed by atoms with van der Waals surface area (Å²) in [5, 5.41) is 12.4. The Morgan fingerprint density at radius 1 is 1.21 bits per heavy atom. The van der Waals surface area contributed by atoms with Crippen LogP contribution in [-0.2, 0) is 6.54 Å². The Morgan fingerprint density at radius 3 is 2.58 bits per heavy atom. The third-order valence-electron chi connectivity index (χ3n) is 3.67. The van der Waals surface area contributed by atoms with Crippen LogP contribution in [0.1, 0.15) is 15.2 Å². The molecule has 3 rings (SSSR count). The number of halogens is 1. The molecule has 0 aliphatic heterocycles. The number of hydrogen-bond donors (Lipinski definition) is 0. The normalized spacial score (nSPS) is 10.8. The minimum absolute atomic E-state index is 0.000382. The number of amides is 1. The average Bonchev–Trinajstić information content (AvgIpc) is 2.91. The lowest BCUT2D eigenvalue weighted by molar-refractivity contribution is -0.385. The maximum absolute atomic E-state index is 12.7. The second kappa shape index (κ2) is 6.59. The number of nitrogens with zero attached hydrogens (tertiary/aromatic N) is 2. The van der Waals surface area contributed by atoms with Crippen LogP contribution in [0.25, 0.3) is 10.1 Å². The molecule has 122 valence electrons. The Bertz CT molecular complexity index is 938. The van der Waals surface area contributed by atoms with Crippen LogP contribution in [0, 0.1) is 10.1 Å². The third-order valence-corrected chi connectivity index (χ3v) is 5.34. The van der Waals surface area contributed by atoms with Crippen molar-refractivity contribution in [2.75, 3.05) is 7.05 Å². The molecule has 0 fully saturated rings. The lowest BCUT2D eigenvalue weighted by atomic mass is 10.1. The van der Waals surface area contributed by atoms with Crippen LogP contribution in [0.5, 0.6) is 0 Å². The minimum atomic E-state index is -0.444. The van der Waals surface area contributed by atoms with Crippen molar-refractivity contribution in [3.8, 4) is 0 Å². The van der Waals surface area contributed by atoms with E-state index in [1.165, 1.54) is 22.3 Å². The van der Waals surface area contributed by atoms with Gasteiger partial charge in [-0.25, -0.2) is 0 Å². The first kappa shape index (κ1) is 16.4. The number of hydrogen-bond acceptors (Lipinski definition) is 4. The van der Waals surface area contributed by atoms with Crippen molar-refractivity contribution in [3.05, 3.63) is 74.1 Å². The summed E-state index contributed by atoms with van der Waals surface area (Å²) in [4.78, 5) is 25.2. The van der Waals surface area contributed by atoms with Crippen LogP contribution in [0.3, 0.4) is 0 Å². The Balaban J connectivity index is 1.90. The van der Waals surface area contributed by atoms with Gasteiger partial charge in [0.1, 0.15) is 4.88 Å². The van der Waals surface area contributed by atoms with E-state index in [4.69, 9.17) is 11.6 Å².